The maximum atomic E-state index is 10.2. The number of hydrogen-bond acceptors (Lipinski definition) is 2. The summed E-state index contributed by atoms with van der Waals surface area (Å²) >= 11 is 0. The second-order valence-electron chi connectivity index (χ2n) is 4.79. The summed E-state index contributed by atoms with van der Waals surface area (Å²) in [7, 11) is 0. The van der Waals surface area contributed by atoms with Crippen LogP contribution in [0.1, 0.15) is 19.8 Å². The molecule has 2 aromatic rings. The van der Waals surface area contributed by atoms with Gasteiger partial charge in [-0.05, 0) is 37.1 Å². The van der Waals surface area contributed by atoms with Gasteiger partial charge in [0.1, 0.15) is 0 Å². The monoisotopic (exact) mass is 228 g/mol. The Morgan fingerprint density at radius 3 is 2.71 bits per heavy atom. The molecular formula is C15H16O2. The van der Waals surface area contributed by atoms with Crippen molar-refractivity contribution in [2.75, 3.05) is 0 Å². The first-order chi connectivity index (χ1) is 8.25. The molecule has 0 heterocycles. The summed E-state index contributed by atoms with van der Waals surface area (Å²) in [5.41, 5.74) is 0. The van der Waals surface area contributed by atoms with Crippen LogP contribution in [-0.2, 0) is 0 Å². The zero-order chi connectivity index (χ0) is 11.8. The summed E-state index contributed by atoms with van der Waals surface area (Å²) in [5, 5.41) is 12.1. The molecule has 0 amide bonds. The highest BCUT2D eigenvalue weighted by Crippen LogP contribution is 2.39. The van der Waals surface area contributed by atoms with Gasteiger partial charge in [0.25, 0.3) is 0 Å². The van der Waals surface area contributed by atoms with Crippen LogP contribution in [0.5, 0.6) is 11.5 Å². The van der Waals surface area contributed by atoms with Crippen LogP contribution in [0, 0.1) is 5.92 Å². The minimum absolute atomic E-state index is 0.196. The Labute approximate surface area is 101 Å². The minimum Gasteiger partial charge on any atom is -0.504 e. The first-order valence-electron chi connectivity index (χ1n) is 6.13. The fourth-order valence-corrected chi connectivity index (χ4v) is 2.19. The molecule has 1 aliphatic carbocycles. The molecule has 0 radical (unpaired) electrons. The Morgan fingerprint density at radius 1 is 1.18 bits per heavy atom. The normalized spacial score (nSPS) is 17.0. The molecule has 3 rings (SSSR count). The lowest BCUT2D eigenvalue weighted by molar-refractivity contribution is 0.191. The lowest BCUT2D eigenvalue weighted by Gasteiger charge is -2.15. The van der Waals surface area contributed by atoms with Gasteiger partial charge >= 0.3 is 0 Å². The highest BCUT2D eigenvalue weighted by molar-refractivity contribution is 5.90. The molecular weight excluding hydrogens is 212 g/mol. The van der Waals surface area contributed by atoms with Gasteiger partial charge in [-0.25, -0.2) is 0 Å². The van der Waals surface area contributed by atoms with E-state index in [9.17, 15) is 5.11 Å². The van der Waals surface area contributed by atoms with E-state index in [0.29, 0.717) is 11.7 Å². The largest absolute Gasteiger partial charge is 0.504 e. The molecule has 0 aromatic heterocycles. The maximum absolute atomic E-state index is 10.2. The molecule has 0 aliphatic heterocycles. The molecule has 0 spiro atoms. The number of fused-ring (bicyclic) bond motifs is 1. The molecule has 0 saturated heterocycles. The van der Waals surface area contributed by atoms with Crippen molar-refractivity contribution in [1.29, 1.82) is 0 Å². The van der Waals surface area contributed by atoms with Crippen molar-refractivity contribution >= 4 is 10.8 Å². The van der Waals surface area contributed by atoms with Gasteiger partial charge < -0.3 is 9.84 Å². The molecule has 1 atom stereocenters. The van der Waals surface area contributed by atoms with Crippen molar-refractivity contribution in [1.82, 2.24) is 0 Å². The number of benzene rings is 2. The predicted octanol–water partition coefficient (Wildman–Crippen LogP) is 3.72. The Bertz CT molecular complexity index is 544. The number of phenols is 1. The number of ether oxygens (including phenoxy) is 1. The quantitative estimate of drug-likeness (QED) is 0.867. The van der Waals surface area contributed by atoms with Gasteiger partial charge in [0.15, 0.2) is 11.5 Å². The van der Waals surface area contributed by atoms with Crippen molar-refractivity contribution in [3.8, 4) is 11.5 Å². The Hall–Kier alpha value is -1.70. The average Bonchev–Trinajstić information content (AvgIpc) is 3.17. The van der Waals surface area contributed by atoms with Crippen molar-refractivity contribution in [3.05, 3.63) is 36.4 Å². The lowest BCUT2D eigenvalue weighted by Crippen LogP contribution is -2.13. The smallest absolute Gasteiger partial charge is 0.165 e. The van der Waals surface area contributed by atoms with Crippen LogP contribution in [-0.4, -0.2) is 11.2 Å². The fraction of sp³-hybridized carbons (Fsp3) is 0.333. The Morgan fingerprint density at radius 2 is 1.94 bits per heavy atom. The van der Waals surface area contributed by atoms with Crippen LogP contribution in [0.3, 0.4) is 0 Å². The topological polar surface area (TPSA) is 29.5 Å². The number of rotatable bonds is 3. The van der Waals surface area contributed by atoms with Gasteiger partial charge in [-0.15, -0.1) is 0 Å². The first kappa shape index (κ1) is 10.5. The zero-order valence-electron chi connectivity index (χ0n) is 9.89. The van der Waals surface area contributed by atoms with E-state index in [-0.39, 0.29) is 11.9 Å². The molecule has 1 saturated carbocycles. The third-order valence-corrected chi connectivity index (χ3v) is 3.46. The molecule has 17 heavy (non-hydrogen) atoms. The number of hydrogen-bond donors (Lipinski definition) is 1. The van der Waals surface area contributed by atoms with E-state index >= 15 is 0 Å². The number of phenolic OH excluding ortho intramolecular Hbond substituents is 1. The molecule has 2 nitrogen and oxygen atoms in total. The fourth-order valence-electron chi connectivity index (χ4n) is 2.19. The maximum Gasteiger partial charge on any atom is 0.165 e. The average molecular weight is 228 g/mol. The highest BCUT2D eigenvalue weighted by Gasteiger charge is 2.30. The highest BCUT2D eigenvalue weighted by atomic mass is 16.5. The van der Waals surface area contributed by atoms with Crippen molar-refractivity contribution in [2.45, 2.75) is 25.9 Å². The van der Waals surface area contributed by atoms with E-state index in [1.165, 1.54) is 12.8 Å². The van der Waals surface area contributed by atoms with E-state index in [2.05, 4.69) is 6.92 Å². The number of aromatic hydroxyl groups is 1. The van der Waals surface area contributed by atoms with Gasteiger partial charge in [0, 0.05) is 5.39 Å². The minimum atomic E-state index is 0.196. The van der Waals surface area contributed by atoms with Crippen LogP contribution in [0.4, 0.5) is 0 Å². The molecule has 2 aromatic carbocycles. The van der Waals surface area contributed by atoms with Gasteiger partial charge in [0.05, 0.1) is 6.10 Å². The molecule has 2 heteroatoms. The summed E-state index contributed by atoms with van der Waals surface area (Å²) < 4.78 is 5.83. The third kappa shape index (κ3) is 1.95. The molecule has 1 fully saturated rings. The molecule has 0 bridgehead atoms. The first-order valence-corrected chi connectivity index (χ1v) is 6.13. The predicted molar refractivity (Wildman–Crippen MR) is 68.4 cm³/mol. The van der Waals surface area contributed by atoms with Crippen LogP contribution >= 0.6 is 0 Å². The van der Waals surface area contributed by atoms with E-state index in [1.807, 2.05) is 36.4 Å². The van der Waals surface area contributed by atoms with Crippen molar-refractivity contribution in [3.63, 3.8) is 0 Å². The second kappa shape index (κ2) is 3.95. The summed E-state index contributed by atoms with van der Waals surface area (Å²) in [6.45, 7) is 2.08. The van der Waals surface area contributed by atoms with Crippen molar-refractivity contribution < 1.29 is 9.84 Å². The zero-order valence-corrected chi connectivity index (χ0v) is 9.89. The van der Waals surface area contributed by atoms with E-state index in [4.69, 9.17) is 4.74 Å². The van der Waals surface area contributed by atoms with Crippen LogP contribution in [0.2, 0.25) is 0 Å². The standard InChI is InChI=1S/C15H16O2/c1-10(11-6-7-11)17-14-9-8-12-4-2-3-5-13(12)15(14)16/h2-5,8-11,16H,6-7H2,1H3. The van der Waals surface area contributed by atoms with Gasteiger partial charge in [0.2, 0.25) is 0 Å². The molecule has 1 unspecified atom stereocenters. The summed E-state index contributed by atoms with van der Waals surface area (Å²) in [5.74, 6) is 1.53. The van der Waals surface area contributed by atoms with Gasteiger partial charge in [-0.3, -0.25) is 0 Å². The SMILES string of the molecule is CC(Oc1ccc2ccccc2c1O)C1CC1. The van der Waals surface area contributed by atoms with E-state index in [1.54, 1.807) is 0 Å². The third-order valence-electron chi connectivity index (χ3n) is 3.46. The van der Waals surface area contributed by atoms with E-state index in [0.717, 1.165) is 10.8 Å². The summed E-state index contributed by atoms with van der Waals surface area (Å²) in [4.78, 5) is 0. The summed E-state index contributed by atoms with van der Waals surface area (Å²) in [6.07, 6.45) is 2.69. The molecule has 1 aliphatic rings. The summed E-state index contributed by atoms with van der Waals surface area (Å²) in [6, 6.07) is 11.6. The van der Waals surface area contributed by atoms with Crippen LogP contribution < -0.4 is 4.74 Å². The Balaban J connectivity index is 1.96. The molecule has 1 N–H and O–H groups in total. The van der Waals surface area contributed by atoms with Crippen LogP contribution in [0.25, 0.3) is 10.8 Å². The van der Waals surface area contributed by atoms with Crippen molar-refractivity contribution in [2.24, 2.45) is 5.92 Å². The van der Waals surface area contributed by atoms with Gasteiger partial charge in [-0.1, -0.05) is 30.3 Å². The second-order valence-corrected chi connectivity index (χ2v) is 4.79. The van der Waals surface area contributed by atoms with Gasteiger partial charge in [-0.2, -0.15) is 0 Å². The molecule has 88 valence electrons. The van der Waals surface area contributed by atoms with Crippen LogP contribution in [0.15, 0.2) is 36.4 Å². The lowest BCUT2D eigenvalue weighted by atomic mass is 10.1. The van der Waals surface area contributed by atoms with E-state index < -0.39 is 0 Å². The Kier molecular flexibility index (Phi) is 2.43.